The lowest BCUT2D eigenvalue weighted by molar-refractivity contribution is -0.132. The molecule has 0 aliphatic carbocycles. The zero-order valence-corrected chi connectivity index (χ0v) is 16.8. The van der Waals surface area contributed by atoms with Crippen molar-refractivity contribution in [1.29, 1.82) is 0 Å². The van der Waals surface area contributed by atoms with Crippen LogP contribution in [0.3, 0.4) is 0 Å². The van der Waals surface area contributed by atoms with E-state index < -0.39 is 11.9 Å². The summed E-state index contributed by atoms with van der Waals surface area (Å²) in [5, 5.41) is 11.8. The van der Waals surface area contributed by atoms with Gasteiger partial charge in [-0.2, -0.15) is 0 Å². The van der Waals surface area contributed by atoms with Crippen molar-refractivity contribution in [2.75, 3.05) is 0 Å². The lowest BCUT2D eigenvalue weighted by atomic mass is 10.1. The van der Waals surface area contributed by atoms with E-state index in [1.807, 2.05) is 24.3 Å². The third kappa shape index (κ3) is 5.20. The van der Waals surface area contributed by atoms with Crippen LogP contribution in [0.4, 0.5) is 0 Å². The fourth-order valence-electron chi connectivity index (χ4n) is 2.39. The molecule has 28 heavy (non-hydrogen) atoms. The van der Waals surface area contributed by atoms with Crippen LogP contribution in [0, 0.1) is 3.57 Å². The van der Waals surface area contributed by atoms with Crippen molar-refractivity contribution in [3.05, 3.63) is 99.3 Å². The molecule has 2 N–H and O–H groups in total. The van der Waals surface area contributed by atoms with Crippen molar-refractivity contribution in [3.63, 3.8) is 0 Å². The van der Waals surface area contributed by atoms with Gasteiger partial charge in [0.1, 0.15) is 17.2 Å². The fourth-order valence-corrected chi connectivity index (χ4v) is 2.89. The number of benzene rings is 3. The highest BCUT2D eigenvalue weighted by Gasteiger charge is 2.13. The van der Waals surface area contributed by atoms with E-state index in [4.69, 9.17) is 4.74 Å². The Morgan fingerprint density at radius 3 is 2.18 bits per heavy atom. The van der Waals surface area contributed by atoms with Gasteiger partial charge < -0.3 is 15.2 Å². The van der Waals surface area contributed by atoms with Crippen molar-refractivity contribution < 1.29 is 19.4 Å². The average molecular weight is 485 g/mol. The van der Waals surface area contributed by atoms with Crippen LogP contribution < -0.4 is 10.1 Å². The zero-order chi connectivity index (χ0) is 19.9. The van der Waals surface area contributed by atoms with Gasteiger partial charge in [-0.1, -0.05) is 42.5 Å². The number of ether oxygens (including phenoxy) is 1. The van der Waals surface area contributed by atoms with Gasteiger partial charge in [-0.05, 0) is 70.6 Å². The molecule has 0 atom stereocenters. The second kappa shape index (κ2) is 9.18. The topological polar surface area (TPSA) is 75.6 Å². The minimum atomic E-state index is -1.22. The van der Waals surface area contributed by atoms with Crippen LogP contribution in [0.25, 0.3) is 6.08 Å². The van der Waals surface area contributed by atoms with Crippen LogP contribution in [0.1, 0.15) is 15.9 Å². The Morgan fingerprint density at radius 2 is 1.54 bits per heavy atom. The molecule has 140 valence electrons. The van der Waals surface area contributed by atoms with E-state index in [1.165, 1.54) is 6.08 Å². The lowest BCUT2D eigenvalue weighted by Gasteiger charge is -2.08. The van der Waals surface area contributed by atoms with Crippen molar-refractivity contribution in [3.8, 4) is 11.5 Å². The lowest BCUT2D eigenvalue weighted by Crippen LogP contribution is -2.27. The maximum Gasteiger partial charge on any atom is 0.352 e. The zero-order valence-electron chi connectivity index (χ0n) is 14.6. The van der Waals surface area contributed by atoms with E-state index in [2.05, 4.69) is 27.9 Å². The summed E-state index contributed by atoms with van der Waals surface area (Å²) in [4.78, 5) is 23.7. The van der Waals surface area contributed by atoms with Crippen LogP contribution >= 0.6 is 22.6 Å². The third-order valence-corrected chi connectivity index (χ3v) is 4.66. The molecule has 0 aliphatic heterocycles. The number of para-hydroxylation sites is 1. The molecule has 3 aromatic carbocycles. The summed E-state index contributed by atoms with van der Waals surface area (Å²) in [7, 11) is 0. The Morgan fingerprint density at radius 1 is 0.893 bits per heavy atom. The minimum absolute atomic E-state index is 0.208. The SMILES string of the molecule is O=C(O)/C(=C\c1ccc(Oc2ccccc2I)cc1)NC(=O)c1ccccc1. The molecular weight excluding hydrogens is 469 g/mol. The molecule has 0 heterocycles. The summed E-state index contributed by atoms with van der Waals surface area (Å²) in [6, 6.07) is 23.0. The van der Waals surface area contributed by atoms with Crippen LogP contribution in [0.2, 0.25) is 0 Å². The highest BCUT2D eigenvalue weighted by molar-refractivity contribution is 14.1. The molecule has 0 aliphatic rings. The van der Waals surface area contributed by atoms with E-state index in [1.54, 1.807) is 54.6 Å². The maximum atomic E-state index is 12.2. The number of hydrogen-bond acceptors (Lipinski definition) is 3. The minimum Gasteiger partial charge on any atom is -0.477 e. The molecule has 0 fully saturated rings. The second-order valence-corrected chi connectivity index (χ2v) is 6.95. The van der Waals surface area contributed by atoms with Gasteiger partial charge in [-0.3, -0.25) is 4.79 Å². The molecule has 1 amide bonds. The Balaban J connectivity index is 1.75. The fraction of sp³-hybridized carbons (Fsp3) is 0. The van der Waals surface area contributed by atoms with E-state index in [0.717, 1.165) is 9.32 Å². The number of halogens is 1. The molecular formula is C22H16INO4. The first kappa shape index (κ1) is 19.6. The predicted octanol–water partition coefficient (Wildman–Crippen LogP) is 4.94. The number of nitrogens with one attached hydrogen (secondary N) is 1. The van der Waals surface area contributed by atoms with Crippen LogP contribution in [0.5, 0.6) is 11.5 Å². The molecule has 0 aromatic heterocycles. The van der Waals surface area contributed by atoms with Crippen molar-refractivity contribution >= 4 is 40.5 Å². The Hall–Kier alpha value is -3.13. The highest BCUT2D eigenvalue weighted by atomic mass is 127. The smallest absolute Gasteiger partial charge is 0.352 e. The average Bonchev–Trinajstić information content (AvgIpc) is 2.71. The van der Waals surface area contributed by atoms with Gasteiger partial charge in [0, 0.05) is 5.56 Å². The molecule has 6 heteroatoms. The van der Waals surface area contributed by atoms with Gasteiger partial charge in [0.25, 0.3) is 5.91 Å². The van der Waals surface area contributed by atoms with E-state index in [0.29, 0.717) is 16.9 Å². The number of carboxylic acid groups (broad SMARTS) is 1. The monoisotopic (exact) mass is 485 g/mol. The number of carbonyl (C=O) groups is 2. The summed E-state index contributed by atoms with van der Waals surface area (Å²) < 4.78 is 6.81. The first-order valence-corrected chi connectivity index (χ1v) is 9.44. The number of hydrogen-bond donors (Lipinski definition) is 2. The third-order valence-electron chi connectivity index (χ3n) is 3.77. The summed E-state index contributed by atoms with van der Waals surface area (Å²) in [5.41, 5.74) is 0.803. The largest absolute Gasteiger partial charge is 0.477 e. The number of aliphatic carboxylic acids is 1. The number of rotatable bonds is 6. The van der Waals surface area contributed by atoms with Crippen molar-refractivity contribution in [1.82, 2.24) is 5.32 Å². The molecule has 3 rings (SSSR count). The van der Waals surface area contributed by atoms with Gasteiger partial charge in [0.2, 0.25) is 0 Å². The van der Waals surface area contributed by atoms with Gasteiger partial charge in [0.05, 0.1) is 3.57 Å². The molecule has 3 aromatic rings. The van der Waals surface area contributed by atoms with E-state index in [-0.39, 0.29) is 5.70 Å². The standard InChI is InChI=1S/C22H16INO4/c23-18-8-4-5-9-20(18)28-17-12-10-15(11-13-17)14-19(22(26)27)24-21(25)16-6-2-1-3-7-16/h1-14H,(H,24,25)(H,26,27)/b19-14+. The van der Waals surface area contributed by atoms with E-state index in [9.17, 15) is 14.7 Å². The normalized spacial score (nSPS) is 11.0. The first-order valence-electron chi connectivity index (χ1n) is 8.37. The molecule has 0 saturated carbocycles. The highest BCUT2D eigenvalue weighted by Crippen LogP contribution is 2.26. The van der Waals surface area contributed by atoms with Gasteiger partial charge in [-0.15, -0.1) is 0 Å². The molecule has 0 unspecified atom stereocenters. The van der Waals surface area contributed by atoms with Crippen LogP contribution in [0.15, 0.2) is 84.6 Å². The van der Waals surface area contributed by atoms with Crippen LogP contribution in [-0.4, -0.2) is 17.0 Å². The summed E-state index contributed by atoms with van der Waals surface area (Å²) in [6.45, 7) is 0. The second-order valence-electron chi connectivity index (χ2n) is 5.78. The summed E-state index contributed by atoms with van der Waals surface area (Å²) in [5.74, 6) is -0.324. The molecule has 0 radical (unpaired) electrons. The Bertz CT molecular complexity index is 1010. The Labute approximate surface area is 175 Å². The quantitative estimate of drug-likeness (QED) is 0.383. The number of carboxylic acids is 1. The van der Waals surface area contributed by atoms with Gasteiger partial charge >= 0.3 is 5.97 Å². The van der Waals surface area contributed by atoms with E-state index >= 15 is 0 Å². The number of carbonyl (C=O) groups excluding carboxylic acids is 1. The first-order chi connectivity index (χ1) is 13.5. The van der Waals surface area contributed by atoms with Gasteiger partial charge in [0.15, 0.2) is 0 Å². The van der Waals surface area contributed by atoms with Crippen LogP contribution in [-0.2, 0) is 4.79 Å². The summed E-state index contributed by atoms with van der Waals surface area (Å²) in [6.07, 6.45) is 1.40. The van der Waals surface area contributed by atoms with Gasteiger partial charge in [-0.25, -0.2) is 4.79 Å². The summed E-state index contributed by atoms with van der Waals surface area (Å²) >= 11 is 2.19. The molecule has 0 saturated heterocycles. The molecule has 0 bridgehead atoms. The maximum absolute atomic E-state index is 12.2. The number of amides is 1. The Kier molecular flexibility index (Phi) is 6.44. The van der Waals surface area contributed by atoms with Crippen molar-refractivity contribution in [2.24, 2.45) is 0 Å². The van der Waals surface area contributed by atoms with Crippen molar-refractivity contribution in [2.45, 2.75) is 0 Å². The molecule has 0 spiro atoms. The predicted molar refractivity (Wildman–Crippen MR) is 115 cm³/mol. The molecule has 5 nitrogen and oxygen atoms in total.